The average Bonchev–Trinajstić information content (AvgIpc) is 2.33. The second kappa shape index (κ2) is 8.35. The Morgan fingerprint density at radius 2 is 1.61 bits per heavy atom. The van der Waals surface area contributed by atoms with Gasteiger partial charge in [0.1, 0.15) is 18.3 Å². The monoisotopic (exact) mass is 267 g/mol. The van der Waals surface area contributed by atoms with Gasteiger partial charge in [-0.05, 0) is 7.05 Å². The average molecular weight is 267 g/mol. The molecule has 0 spiro atoms. The van der Waals surface area contributed by atoms with Crippen LogP contribution in [-0.2, 0) is 4.79 Å². The van der Waals surface area contributed by atoms with E-state index in [-0.39, 0.29) is 19.5 Å². The van der Waals surface area contributed by atoms with Gasteiger partial charge in [0.15, 0.2) is 0 Å². The van der Waals surface area contributed by atoms with Gasteiger partial charge in [-0.3, -0.25) is 4.79 Å². The third kappa shape index (κ3) is 6.24. The number of aliphatic carboxylic acids is 1. The van der Waals surface area contributed by atoms with E-state index in [4.69, 9.17) is 15.3 Å². The zero-order chi connectivity index (χ0) is 14.3. The third-order valence-corrected chi connectivity index (χ3v) is 2.53. The van der Waals surface area contributed by atoms with Gasteiger partial charge in [-0.25, -0.2) is 0 Å². The molecule has 4 atom stereocenters. The molecule has 6 N–H and O–H groups in total. The van der Waals surface area contributed by atoms with Crippen molar-refractivity contribution in [2.45, 2.75) is 30.8 Å². The Balaban J connectivity index is 4.13. The third-order valence-electron chi connectivity index (χ3n) is 2.53. The van der Waals surface area contributed by atoms with Gasteiger partial charge in [0.05, 0.1) is 19.1 Å². The lowest BCUT2D eigenvalue weighted by Crippen LogP contribution is -2.49. The molecule has 0 aromatic carbocycles. The molecule has 18 heavy (non-hydrogen) atoms. The van der Waals surface area contributed by atoms with E-state index in [1.165, 1.54) is 4.90 Å². The van der Waals surface area contributed by atoms with E-state index in [0.717, 1.165) is 0 Å². The minimum atomic E-state index is -1.67. The summed E-state index contributed by atoms with van der Waals surface area (Å²) in [4.78, 5) is 11.8. The molecule has 0 saturated heterocycles. The van der Waals surface area contributed by atoms with Crippen LogP contribution >= 0.6 is 0 Å². The minimum absolute atomic E-state index is 0.0658. The van der Waals surface area contributed by atoms with Crippen LogP contribution in [0, 0.1) is 0 Å². The van der Waals surface area contributed by atoms with Crippen LogP contribution in [0.4, 0.5) is 0 Å². The normalized spacial score (nSPS) is 18.4. The van der Waals surface area contributed by atoms with Crippen molar-refractivity contribution in [3.8, 4) is 0 Å². The van der Waals surface area contributed by atoms with E-state index >= 15 is 0 Å². The highest BCUT2D eigenvalue weighted by molar-refractivity contribution is 5.66. The first-order chi connectivity index (χ1) is 8.29. The van der Waals surface area contributed by atoms with Crippen LogP contribution in [-0.4, -0.2) is 92.7 Å². The number of carboxylic acids is 1. The number of aliphatic hydroxyl groups excluding tert-OH is 5. The van der Waals surface area contributed by atoms with Gasteiger partial charge in [-0.1, -0.05) is 0 Å². The van der Waals surface area contributed by atoms with Gasteiger partial charge in [0.2, 0.25) is 0 Å². The highest BCUT2D eigenvalue weighted by Gasteiger charge is 2.30. The largest absolute Gasteiger partial charge is 0.481 e. The molecule has 0 saturated carbocycles. The van der Waals surface area contributed by atoms with Crippen molar-refractivity contribution in [2.75, 3.05) is 26.7 Å². The molecule has 108 valence electrons. The number of carbonyl (C=O) groups is 1. The molecule has 0 radical (unpaired) electrons. The van der Waals surface area contributed by atoms with Crippen molar-refractivity contribution in [2.24, 2.45) is 0 Å². The number of aliphatic hydroxyl groups is 5. The Bertz CT molecular complexity index is 250. The van der Waals surface area contributed by atoms with Crippen LogP contribution in [0.1, 0.15) is 6.42 Å². The molecule has 0 amide bonds. The van der Waals surface area contributed by atoms with Crippen molar-refractivity contribution in [3.63, 3.8) is 0 Å². The molecule has 0 aliphatic heterocycles. The predicted octanol–water partition coefficient (Wildman–Crippen LogP) is -3.17. The summed E-state index contributed by atoms with van der Waals surface area (Å²) in [5.41, 5.74) is 0. The smallest absolute Gasteiger partial charge is 0.304 e. The number of nitrogens with zero attached hydrogens (tertiary/aromatic N) is 1. The predicted molar refractivity (Wildman–Crippen MR) is 60.9 cm³/mol. The summed E-state index contributed by atoms with van der Waals surface area (Å²) in [7, 11) is 1.55. The van der Waals surface area contributed by atoms with Gasteiger partial charge in [-0.15, -0.1) is 0 Å². The fourth-order valence-corrected chi connectivity index (χ4v) is 1.37. The summed E-state index contributed by atoms with van der Waals surface area (Å²) in [5, 5.41) is 54.6. The standard InChI is InChI=1S/C10H21NO7/c1-11(3-2-8(15)16)4-6(13)9(17)10(18)7(14)5-12/h6-7,9-10,12-14,17-18H,2-5H2,1H3,(H,15,16)/t6-,7+,9+,10+/m0/s1. The molecule has 0 aliphatic carbocycles. The van der Waals surface area contributed by atoms with E-state index in [1.54, 1.807) is 7.05 Å². The summed E-state index contributed by atoms with van der Waals surface area (Å²) < 4.78 is 0. The van der Waals surface area contributed by atoms with Gasteiger partial charge in [0.25, 0.3) is 0 Å². The molecule has 0 rings (SSSR count). The first-order valence-electron chi connectivity index (χ1n) is 5.53. The molecular weight excluding hydrogens is 246 g/mol. The second-order valence-corrected chi connectivity index (χ2v) is 4.20. The Labute approximate surface area is 105 Å². The first kappa shape index (κ1) is 17.2. The zero-order valence-corrected chi connectivity index (χ0v) is 10.2. The molecule has 8 nitrogen and oxygen atoms in total. The molecule has 0 unspecified atom stereocenters. The van der Waals surface area contributed by atoms with Gasteiger partial charge in [0, 0.05) is 13.1 Å². The fraction of sp³-hybridized carbons (Fsp3) is 0.900. The number of likely N-dealkylation sites (N-methyl/N-ethyl adjacent to an activating group) is 1. The second-order valence-electron chi connectivity index (χ2n) is 4.20. The maximum Gasteiger partial charge on any atom is 0.304 e. The van der Waals surface area contributed by atoms with E-state index in [1.807, 2.05) is 0 Å². The van der Waals surface area contributed by atoms with Crippen LogP contribution in [0.15, 0.2) is 0 Å². The van der Waals surface area contributed by atoms with Crippen LogP contribution < -0.4 is 0 Å². The minimum Gasteiger partial charge on any atom is -0.481 e. The molecule has 0 aromatic heterocycles. The highest BCUT2D eigenvalue weighted by Crippen LogP contribution is 2.06. The van der Waals surface area contributed by atoms with Crippen molar-refractivity contribution >= 4 is 5.97 Å². The summed E-state index contributed by atoms with van der Waals surface area (Å²) in [6.07, 6.45) is -6.31. The summed E-state index contributed by atoms with van der Waals surface area (Å²) in [6.45, 7) is -0.624. The lowest BCUT2D eigenvalue weighted by molar-refractivity contribution is -0.137. The van der Waals surface area contributed by atoms with Gasteiger partial charge in [-0.2, -0.15) is 0 Å². The summed E-state index contributed by atoms with van der Waals surface area (Å²) in [6, 6.07) is 0. The number of hydrogen-bond acceptors (Lipinski definition) is 7. The molecule has 0 fully saturated rings. The molecule has 0 aromatic rings. The molecule has 0 heterocycles. The Morgan fingerprint density at radius 1 is 1.11 bits per heavy atom. The van der Waals surface area contributed by atoms with E-state index in [2.05, 4.69) is 0 Å². The highest BCUT2D eigenvalue weighted by atomic mass is 16.4. The molecule has 8 heteroatoms. The van der Waals surface area contributed by atoms with Crippen LogP contribution in [0.25, 0.3) is 0 Å². The van der Waals surface area contributed by atoms with E-state index < -0.39 is 37.0 Å². The van der Waals surface area contributed by atoms with Crippen LogP contribution in [0.5, 0.6) is 0 Å². The van der Waals surface area contributed by atoms with E-state index in [9.17, 15) is 20.1 Å². The van der Waals surface area contributed by atoms with Crippen molar-refractivity contribution in [1.82, 2.24) is 4.90 Å². The number of carboxylic acid groups (broad SMARTS) is 1. The Kier molecular flexibility index (Phi) is 8.00. The quantitative estimate of drug-likeness (QED) is 0.257. The van der Waals surface area contributed by atoms with Crippen LogP contribution in [0.2, 0.25) is 0 Å². The summed E-state index contributed by atoms with van der Waals surface area (Å²) in [5.74, 6) is -0.979. The maximum atomic E-state index is 10.3. The topological polar surface area (TPSA) is 142 Å². The number of hydrogen-bond donors (Lipinski definition) is 6. The van der Waals surface area contributed by atoms with Gasteiger partial charge >= 0.3 is 5.97 Å². The first-order valence-corrected chi connectivity index (χ1v) is 5.53. The molecule has 0 aliphatic rings. The molecular formula is C10H21NO7. The summed E-state index contributed by atoms with van der Waals surface area (Å²) >= 11 is 0. The lowest BCUT2D eigenvalue weighted by Gasteiger charge is -2.28. The van der Waals surface area contributed by atoms with Crippen molar-refractivity contribution in [3.05, 3.63) is 0 Å². The fourth-order valence-electron chi connectivity index (χ4n) is 1.37. The molecule has 0 bridgehead atoms. The van der Waals surface area contributed by atoms with Crippen molar-refractivity contribution < 1.29 is 35.4 Å². The maximum absolute atomic E-state index is 10.3. The van der Waals surface area contributed by atoms with E-state index in [0.29, 0.717) is 0 Å². The van der Waals surface area contributed by atoms with Crippen LogP contribution in [0.3, 0.4) is 0 Å². The number of rotatable bonds is 9. The zero-order valence-electron chi connectivity index (χ0n) is 10.2. The Hall–Kier alpha value is -0.770. The van der Waals surface area contributed by atoms with Crippen molar-refractivity contribution in [1.29, 1.82) is 0 Å². The lowest BCUT2D eigenvalue weighted by atomic mass is 10.0. The SMILES string of the molecule is CN(CCC(=O)O)C[C@H](O)[C@@H](O)[C@H](O)[C@H](O)CO. The van der Waals surface area contributed by atoms with Gasteiger partial charge < -0.3 is 35.5 Å². The Morgan fingerprint density at radius 3 is 2.06 bits per heavy atom.